The molecule has 0 heterocycles. The Balaban J connectivity index is 2.28. The molecular weight excluding hydrogens is 228 g/mol. The Bertz CT molecular complexity index is 321. The van der Waals surface area contributed by atoms with Crippen molar-refractivity contribution in [2.24, 2.45) is 11.3 Å². The zero-order chi connectivity index (χ0) is 12.4. The van der Waals surface area contributed by atoms with Gasteiger partial charge in [0.15, 0.2) is 0 Å². The summed E-state index contributed by atoms with van der Waals surface area (Å²) >= 11 is 0. The second-order valence-corrected chi connectivity index (χ2v) is 7.13. The maximum Gasteiger partial charge on any atom is 0.264 e. The second-order valence-electron chi connectivity index (χ2n) is 5.56. The number of hydrogen-bond donors (Lipinski definition) is 2. The Kier molecular flexibility index (Phi) is 4.37. The van der Waals surface area contributed by atoms with Gasteiger partial charge < -0.3 is 5.11 Å². The van der Waals surface area contributed by atoms with E-state index in [-0.39, 0.29) is 17.3 Å². The van der Waals surface area contributed by atoms with Gasteiger partial charge in [-0.25, -0.2) is 0 Å². The van der Waals surface area contributed by atoms with Crippen molar-refractivity contribution in [2.45, 2.75) is 52.1 Å². The van der Waals surface area contributed by atoms with Gasteiger partial charge in [-0.1, -0.05) is 20.3 Å². The third-order valence-electron chi connectivity index (χ3n) is 3.63. The highest BCUT2D eigenvalue weighted by atomic mass is 32.2. The lowest BCUT2D eigenvalue weighted by molar-refractivity contribution is 0.168. The van der Waals surface area contributed by atoms with Gasteiger partial charge in [-0.05, 0) is 37.0 Å². The molecule has 1 aliphatic rings. The van der Waals surface area contributed by atoms with Gasteiger partial charge in [0.25, 0.3) is 10.1 Å². The van der Waals surface area contributed by atoms with Gasteiger partial charge in [0.05, 0.1) is 11.9 Å². The van der Waals surface area contributed by atoms with Crippen LogP contribution in [0, 0.1) is 11.3 Å². The van der Waals surface area contributed by atoms with E-state index >= 15 is 0 Å². The molecule has 0 radical (unpaired) electrons. The van der Waals surface area contributed by atoms with E-state index in [0.717, 1.165) is 25.7 Å². The average molecular weight is 250 g/mol. The molecule has 0 amide bonds. The van der Waals surface area contributed by atoms with Crippen LogP contribution in [-0.4, -0.2) is 29.9 Å². The minimum atomic E-state index is -3.81. The largest absolute Gasteiger partial charge is 0.393 e. The maximum atomic E-state index is 10.5. The third kappa shape index (κ3) is 4.39. The molecule has 1 rings (SSSR count). The van der Waals surface area contributed by atoms with E-state index in [1.807, 2.05) is 0 Å². The summed E-state index contributed by atoms with van der Waals surface area (Å²) in [6.07, 6.45) is 3.66. The standard InChI is InChI=1S/C11H22O4S/c1-11(2)8-10(12)7-9(11)5-3-4-6-16(13,14)15/h9-10,12H,3-8H2,1-2H3,(H,13,14,15). The quantitative estimate of drug-likeness (QED) is 0.577. The minimum absolute atomic E-state index is 0.150. The molecule has 2 unspecified atom stereocenters. The molecule has 4 nitrogen and oxygen atoms in total. The molecule has 0 spiro atoms. The zero-order valence-corrected chi connectivity index (χ0v) is 10.8. The SMILES string of the molecule is CC1(C)CC(O)CC1CCCCS(=O)(=O)O. The lowest BCUT2D eigenvalue weighted by Gasteiger charge is -2.26. The van der Waals surface area contributed by atoms with Gasteiger partial charge in [0.1, 0.15) is 0 Å². The number of aliphatic hydroxyl groups excluding tert-OH is 1. The monoisotopic (exact) mass is 250 g/mol. The number of unbranched alkanes of at least 4 members (excludes halogenated alkanes) is 1. The van der Waals surface area contributed by atoms with Crippen molar-refractivity contribution in [1.29, 1.82) is 0 Å². The highest BCUT2D eigenvalue weighted by molar-refractivity contribution is 7.85. The summed E-state index contributed by atoms with van der Waals surface area (Å²) in [4.78, 5) is 0. The summed E-state index contributed by atoms with van der Waals surface area (Å²) in [6, 6.07) is 0. The highest BCUT2D eigenvalue weighted by Gasteiger charge is 2.38. The van der Waals surface area contributed by atoms with Crippen molar-refractivity contribution in [1.82, 2.24) is 0 Å². The highest BCUT2D eigenvalue weighted by Crippen LogP contribution is 2.45. The van der Waals surface area contributed by atoms with Crippen LogP contribution in [0.4, 0.5) is 0 Å². The van der Waals surface area contributed by atoms with Crippen molar-refractivity contribution in [2.75, 3.05) is 5.75 Å². The van der Waals surface area contributed by atoms with Crippen LogP contribution in [0.15, 0.2) is 0 Å². The third-order valence-corrected chi connectivity index (χ3v) is 4.43. The second kappa shape index (κ2) is 5.02. The summed E-state index contributed by atoms with van der Waals surface area (Å²) < 4.78 is 29.6. The Morgan fingerprint density at radius 2 is 1.94 bits per heavy atom. The Morgan fingerprint density at radius 3 is 2.38 bits per heavy atom. The van der Waals surface area contributed by atoms with E-state index in [9.17, 15) is 13.5 Å². The first-order valence-corrected chi connectivity index (χ1v) is 7.45. The van der Waals surface area contributed by atoms with E-state index in [0.29, 0.717) is 12.3 Å². The number of hydrogen-bond acceptors (Lipinski definition) is 3. The molecule has 0 aromatic rings. The van der Waals surface area contributed by atoms with Gasteiger partial charge in [-0.3, -0.25) is 4.55 Å². The fourth-order valence-corrected chi connectivity index (χ4v) is 3.26. The molecule has 5 heteroatoms. The first-order valence-electron chi connectivity index (χ1n) is 5.84. The molecule has 96 valence electrons. The molecule has 1 fully saturated rings. The maximum absolute atomic E-state index is 10.5. The van der Waals surface area contributed by atoms with Gasteiger partial charge in [0.2, 0.25) is 0 Å². The molecule has 0 saturated heterocycles. The van der Waals surface area contributed by atoms with E-state index in [4.69, 9.17) is 4.55 Å². The first-order chi connectivity index (χ1) is 7.21. The normalized spacial score (nSPS) is 29.5. The van der Waals surface area contributed by atoms with Crippen LogP contribution >= 0.6 is 0 Å². The van der Waals surface area contributed by atoms with Gasteiger partial charge in [-0.2, -0.15) is 8.42 Å². The van der Waals surface area contributed by atoms with Crippen LogP contribution in [0.25, 0.3) is 0 Å². The fourth-order valence-electron chi connectivity index (χ4n) is 2.69. The Hall–Kier alpha value is -0.130. The summed E-state index contributed by atoms with van der Waals surface area (Å²) in [6.45, 7) is 4.30. The van der Waals surface area contributed by atoms with Crippen LogP contribution in [0.5, 0.6) is 0 Å². The molecule has 2 N–H and O–H groups in total. The van der Waals surface area contributed by atoms with Gasteiger partial charge in [0, 0.05) is 0 Å². The Morgan fingerprint density at radius 1 is 1.31 bits per heavy atom. The van der Waals surface area contributed by atoms with E-state index in [1.54, 1.807) is 0 Å². The summed E-state index contributed by atoms with van der Waals surface area (Å²) in [7, 11) is -3.81. The summed E-state index contributed by atoms with van der Waals surface area (Å²) in [5, 5.41) is 9.59. The van der Waals surface area contributed by atoms with Crippen LogP contribution in [0.1, 0.15) is 46.0 Å². The van der Waals surface area contributed by atoms with Crippen molar-refractivity contribution < 1.29 is 18.1 Å². The van der Waals surface area contributed by atoms with Crippen molar-refractivity contribution in [3.05, 3.63) is 0 Å². The lowest BCUT2D eigenvalue weighted by atomic mass is 9.79. The molecule has 1 aliphatic carbocycles. The van der Waals surface area contributed by atoms with E-state index in [2.05, 4.69) is 13.8 Å². The predicted octanol–water partition coefficient (Wildman–Crippen LogP) is 1.84. The zero-order valence-electron chi connectivity index (χ0n) is 10.0. The average Bonchev–Trinajstić information content (AvgIpc) is 2.31. The smallest absolute Gasteiger partial charge is 0.264 e. The molecule has 2 atom stereocenters. The van der Waals surface area contributed by atoms with Gasteiger partial charge >= 0.3 is 0 Å². The fraction of sp³-hybridized carbons (Fsp3) is 1.00. The molecule has 0 aromatic carbocycles. The topological polar surface area (TPSA) is 74.6 Å². The van der Waals surface area contributed by atoms with E-state index in [1.165, 1.54) is 0 Å². The molecule has 1 saturated carbocycles. The molecular formula is C11H22O4S. The lowest BCUT2D eigenvalue weighted by Crippen LogP contribution is -2.17. The predicted molar refractivity (Wildman–Crippen MR) is 62.8 cm³/mol. The van der Waals surface area contributed by atoms with Crippen molar-refractivity contribution in [3.8, 4) is 0 Å². The minimum Gasteiger partial charge on any atom is -0.393 e. The molecule has 0 aliphatic heterocycles. The molecule has 0 bridgehead atoms. The van der Waals surface area contributed by atoms with Crippen molar-refractivity contribution in [3.63, 3.8) is 0 Å². The van der Waals surface area contributed by atoms with Crippen LogP contribution in [-0.2, 0) is 10.1 Å². The molecule has 16 heavy (non-hydrogen) atoms. The Labute approximate surface area is 97.8 Å². The summed E-state index contributed by atoms with van der Waals surface area (Å²) in [5.74, 6) is 0.312. The first kappa shape index (κ1) is 13.9. The summed E-state index contributed by atoms with van der Waals surface area (Å²) in [5.41, 5.74) is 0.150. The van der Waals surface area contributed by atoms with Crippen molar-refractivity contribution >= 4 is 10.1 Å². The van der Waals surface area contributed by atoms with Crippen LogP contribution < -0.4 is 0 Å². The number of aliphatic hydroxyl groups is 1. The van der Waals surface area contributed by atoms with Crippen LogP contribution in [0.3, 0.4) is 0 Å². The van der Waals surface area contributed by atoms with Crippen LogP contribution in [0.2, 0.25) is 0 Å². The molecule has 0 aromatic heterocycles. The van der Waals surface area contributed by atoms with Gasteiger partial charge in [-0.15, -0.1) is 0 Å². The number of rotatable bonds is 5. The van der Waals surface area contributed by atoms with E-state index < -0.39 is 10.1 Å².